The Hall–Kier alpha value is -4.27. The Kier molecular flexibility index (Phi) is 9.26. The fourth-order valence-corrected chi connectivity index (χ4v) is 2.92. The fourth-order valence-electron chi connectivity index (χ4n) is 2.92. The number of benzene rings is 2. The molecule has 0 aliphatic rings. The Labute approximate surface area is 232 Å². The van der Waals surface area contributed by atoms with Crippen molar-refractivity contribution in [2.45, 2.75) is 48.1 Å². The molecule has 7 nitrogen and oxygen atoms in total. The van der Waals surface area contributed by atoms with Gasteiger partial charge >= 0.3 is 53.7 Å². The van der Waals surface area contributed by atoms with E-state index in [1.54, 1.807) is 0 Å². The molecule has 0 aliphatic carbocycles. The molecule has 0 saturated carbocycles. The minimum Gasteiger partial charge on any atom is -0.426 e. The molecule has 2 aromatic rings. The number of alkyl halides is 15. The third-order valence-electron chi connectivity index (χ3n) is 5.34. The predicted octanol–water partition coefficient (Wildman–Crippen LogP) is 7.48. The summed E-state index contributed by atoms with van der Waals surface area (Å²) in [6.07, 6.45) is -11.1. The fraction of sp³-hybridized carbons (Fsp3) is 0.364. The lowest BCUT2D eigenvalue weighted by Gasteiger charge is -2.41. The van der Waals surface area contributed by atoms with Gasteiger partial charge in [0.25, 0.3) is 5.69 Å². The lowest BCUT2D eigenvalue weighted by atomic mass is 9.90. The van der Waals surface area contributed by atoms with Crippen molar-refractivity contribution in [3.63, 3.8) is 0 Å². The molecule has 0 bridgehead atoms. The maximum absolute atomic E-state index is 13.9. The van der Waals surface area contributed by atoms with Crippen LogP contribution >= 0.6 is 0 Å². The van der Waals surface area contributed by atoms with Crippen LogP contribution in [0.3, 0.4) is 0 Å². The molecular weight excluding hydrogens is 659 g/mol. The summed E-state index contributed by atoms with van der Waals surface area (Å²) in [6.45, 7) is 0. The number of carbonyl (C=O) groups is 2. The van der Waals surface area contributed by atoms with Crippen molar-refractivity contribution < 1.29 is 89.8 Å². The zero-order chi connectivity index (χ0) is 34.3. The molecule has 0 unspecified atom stereocenters. The molecule has 0 heterocycles. The van der Waals surface area contributed by atoms with Gasteiger partial charge in [-0.15, -0.1) is 0 Å². The van der Waals surface area contributed by atoms with E-state index in [1.807, 2.05) is 0 Å². The number of non-ortho nitro benzene ring substituents is 1. The van der Waals surface area contributed by atoms with Crippen molar-refractivity contribution in [1.29, 1.82) is 0 Å². The average molecular weight is 669 g/mol. The summed E-state index contributed by atoms with van der Waals surface area (Å²) in [7, 11) is 0. The van der Waals surface area contributed by atoms with Gasteiger partial charge in [-0.3, -0.25) is 14.9 Å². The number of hydrogen-bond donors (Lipinski definition) is 0. The summed E-state index contributed by atoms with van der Waals surface area (Å²) in [4.78, 5) is 33.5. The number of nitro benzene ring substituents is 1. The van der Waals surface area contributed by atoms with E-state index in [0.717, 1.165) is 36.4 Å². The number of nitro groups is 1. The van der Waals surface area contributed by atoms with Crippen LogP contribution in [0.4, 0.5) is 71.5 Å². The molecular formula is C22H10F15NO6. The standard InChI is InChI=1S/C22H10F15NO6/c23-16(24,17(25,26)18(27,28)19(29,30)20(31,32)21(33,34)22(35,36)37)9-14(39)43-12-5-7-13(8-6-12)44-15(40)10-1-3-11(4-2-10)38(41)42/h1-8H,9H2. The maximum atomic E-state index is 13.9. The van der Waals surface area contributed by atoms with Gasteiger partial charge in [0, 0.05) is 12.1 Å². The Morgan fingerprint density at radius 1 is 0.591 bits per heavy atom. The topological polar surface area (TPSA) is 95.7 Å². The highest BCUT2D eigenvalue weighted by Crippen LogP contribution is 2.62. The molecule has 0 saturated heterocycles. The first-order chi connectivity index (χ1) is 19.6. The Bertz CT molecular complexity index is 1390. The highest BCUT2D eigenvalue weighted by Gasteiger charge is 2.93. The van der Waals surface area contributed by atoms with Crippen LogP contribution in [0.2, 0.25) is 0 Å². The van der Waals surface area contributed by atoms with Gasteiger partial charge in [0.05, 0.1) is 10.5 Å². The van der Waals surface area contributed by atoms with Crippen LogP contribution in [0.25, 0.3) is 0 Å². The zero-order valence-corrected chi connectivity index (χ0v) is 20.4. The number of ether oxygens (including phenoxy) is 2. The highest BCUT2D eigenvalue weighted by molar-refractivity contribution is 5.91. The number of rotatable bonds is 11. The van der Waals surface area contributed by atoms with Gasteiger partial charge in [0.2, 0.25) is 0 Å². The van der Waals surface area contributed by atoms with Gasteiger partial charge in [0.1, 0.15) is 17.9 Å². The van der Waals surface area contributed by atoms with Crippen LogP contribution in [0.5, 0.6) is 11.5 Å². The molecule has 0 atom stereocenters. The molecule has 2 rings (SSSR count). The quantitative estimate of drug-likeness (QED) is 0.0810. The molecule has 0 spiro atoms. The second kappa shape index (κ2) is 11.3. The number of carbonyl (C=O) groups excluding carboxylic acids is 2. The molecule has 0 amide bonds. The first-order valence-electron chi connectivity index (χ1n) is 10.7. The first kappa shape index (κ1) is 35.9. The van der Waals surface area contributed by atoms with Crippen molar-refractivity contribution in [3.05, 3.63) is 64.2 Å². The van der Waals surface area contributed by atoms with Crippen molar-refractivity contribution in [1.82, 2.24) is 0 Å². The van der Waals surface area contributed by atoms with E-state index >= 15 is 0 Å². The van der Waals surface area contributed by atoms with Gasteiger partial charge in [-0.05, 0) is 36.4 Å². The van der Waals surface area contributed by atoms with Crippen LogP contribution < -0.4 is 9.47 Å². The van der Waals surface area contributed by atoms with Crippen molar-refractivity contribution in [2.75, 3.05) is 0 Å². The molecule has 2 aromatic carbocycles. The van der Waals surface area contributed by atoms with E-state index < -0.39 is 82.2 Å². The van der Waals surface area contributed by atoms with E-state index in [1.165, 1.54) is 0 Å². The van der Waals surface area contributed by atoms with Crippen LogP contribution in [-0.4, -0.2) is 58.6 Å². The lowest BCUT2D eigenvalue weighted by molar-refractivity contribution is -0.452. The van der Waals surface area contributed by atoms with Crippen LogP contribution in [0.1, 0.15) is 16.8 Å². The third kappa shape index (κ3) is 6.18. The molecule has 244 valence electrons. The molecule has 0 radical (unpaired) electrons. The Morgan fingerprint density at radius 2 is 0.977 bits per heavy atom. The van der Waals surface area contributed by atoms with Gasteiger partial charge in [-0.25, -0.2) is 4.79 Å². The summed E-state index contributed by atoms with van der Waals surface area (Å²) in [5.41, 5.74) is -0.619. The summed E-state index contributed by atoms with van der Waals surface area (Å²) in [6, 6.07) is 6.50. The minimum atomic E-state index is -8.49. The lowest BCUT2D eigenvalue weighted by Crippen LogP contribution is -2.72. The second-order valence-electron chi connectivity index (χ2n) is 8.39. The van der Waals surface area contributed by atoms with E-state index in [9.17, 15) is 85.6 Å². The maximum Gasteiger partial charge on any atom is 0.460 e. The van der Waals surface area contributed by atoms with Crippen molar-refractivity contribution in [3.8, 4) is 11.5 Å². The van der Waals surface area contributed by atoms with Crippen molar-refractivity contribution in [2.24, 2.45) is 0 Å². The van der Waals surface area contributed by atoms with Gasteiger partial charge in [-0.2, -0.15) is 65.9 Å². The number of nitrogens with zero attached hydrogens (tertiary/aromatic N) is 1. The Balaban J connectivity index is 2.19. The Morgan fingerprint density at radius 3 is 1.39 bits per heavy atom. The van der Waals surface area contributed by atoms with Gasteiger partial charge < -0.3 is 9.47 Å². The largest absolute Gasteiger partial charge is 0.460 e. The molecule has 22 heteroatoms. The van der Waals surface area contributed by atoms with E-state index in [2.05, 4.69) is 4.74 Å². The molecule has 0 aromatic heterocycles. The first-order valence-corrected chi connectivity index (χ1v) is 10.7. The van der Waals surface area contributed by atoms with Crippen LogP contribution in [0, 0.1) is 10.1 Å². The van der Waals surface area contributed by atoms with E-state index in [0.29, 0.717) is 12.1 Å². The molecule has 0 aliphatic heterocycles. The molecule has 44 heavy (non-hydrogen) atoms. The summed E-state index contributed by atoms with van der Waals surface area (Å²) in [5, 5.41) is 10.6. The van der Waals surface area contributed by atoms with Gasteiger partial charge in [-0.1, -0.05) is 0 Å². The number of halogens is 15. The highest BCUT2D eigenvalue weighted by atomic mass is 19.4. The summed E-state index contributed by atoms with van der Waals surface area (Å²) < 4.78 is 207. The monoisotopic (exact) mass is 669 g/mol. The smallest absolute Gasteiger partial charge is 0.426 e. The SMILES string of the molecule is O=C(CC(F)(F)C(F)(F)C(F)(F)C(F)(F)C(F)(F)C(F)(F)C(F)(F)F)Oc1ccc(OC(=O)c2ccc([N+](=O)[O-])cc2)cc1. The average Bonchev–Trinajstić information content (AvgIpc) is 2.88. The second-order valence-corrected chi connectivity index (χ2v) is 8.39. The normalized spacial score (nSPS) is 13.8. The molecule has 0 fully saturated rings. The summed E-state index contributed by atoms with van der Waals surface area (Å²) in [5.74, 6) is -53.1. The number of hydrogen-bond acceptors (Lipinski definition) is 6. The number of esters is 2. The van der Waals surface area contributed by atoms with Crippen LogP contribution in [0.15, 0.2) is 48.5 Å². The van der Waals surface area contributed by atoms with Crippen LogP contribution in [-0.2, 0) is 4.79 Å². The van der Waals surface area contributed by atoms with Crippen molar-refractivity contribution >= 4 is 17.6 Å². The predicted molar refractivity (Wildman–Crippen MR) is 110 cm³/mol. The third-order valence-corrected chi connectivity index (χ3v) is 5.34. The zero-order valence-electron chi connectivity index (χ0n) is 20.4. The summed E-state index contributed by atoms with van der Waals surface area (Å²) >= 11 is 0. The van der Waals surface area contributed by atoms with E-state index in [4.69, 9.17) is 4.74 Å². The van der Waals surface area contributed by atoms with E-state index in [-0.39, 0.29) is 5.56 Å². The minimum absolute atomic E-state index is 0.225. The van der Waals surface area contributed by atoms with Gasteiger partial charge in [0.15, 0.2) is 0 Å². The molecule has 0 N–H and O–H groups in total.